The lowest BCUT2D eigenvalue weighted by Gasteiger charge is -2.05. The molecule has 0 radical (unpaired) electrons. The van der Waals surface area contributed by atoms with Crippen LogP contribution in [-0.2, 0) is 0 Å². The predicted molar refractivity (Wildman–Crippen MR) is 62.7 cm³/mol. The zero-order valence-electron chi connectivity index (χ0n) is 6.39. The maximum atomic E-state index is 5.44. The number of para-hydroxylation sites is 1. The minimum Gasteiger partial charge on any atom is -0.487 e. The van der Waals surface area contributed by atoms with Crippen LogP contribution in [0.5, 0.6) is 5.75 Å². The van der Waals surface area contributed by atoms with Crippen LogP contribution in [0.1, 0.15) is 0 Å². The highest BCUT2D eigenvalue weighted by molar-refractivity contribution is 14.1. The van der Waals surface area contributed by atoms with E-state index in [0.29, 0.717) is 6.61 Å². The molecule has 0 amide bonds. The Bertz CT molecular complexity index is 286. The molecule has 1 aromatic rings. The summed E-state index contributed by atoms with van der Waals surface area (Å²) in [5.74, 6) is 0.902. The van der Waals surface area contributed by atoms with Crippen LogP contribution in [0.15, 0.2) is 35.3 Å². The number of hydrogen-bond donors (Lipinski definition) is 0. The third-order valence-corrected chi connectivity index (χ3v) is 2.34. The highest BCUT2D eigenvalue weighted by Gasteiger charge is 1.98. The average molecular weight is 339 g/mol. The van der Waals surface area contributed by atoms with E-state index in [2.05, 4.69) is 45.1 Å². The molecule has 3 heteroatoms. The second-order valence-electron chi connectivity index (χ2n) is 2.24. The maximum absolute atomic E-state index is 5.44. The molecule has 0 aliphatic carbocycles. The fraction of sp³-hybridized carbons (Fsp3) is 0.111. The van der Waals surface area contributed by atoms with E-state index < -0.39 is 0 Å². The Labute approximate surface area is 94.1 Å². The van der Waals surface area contributed by atoms with Crippen LogP contribution in [-0.4, -0.2) is 6.61 Å². The summed E-state index contributed by atoms with van der Waals surface area (Å²) in [4.78, 5) is 0. The van der Waals surface area contributed by atoms with Crippen molar-refractivity contribution >= 4 is 38.5 Å². The number of benzene rings is 1. The van der Waals surface area contributed by atoms with Gasteiger partial charge in [-0.15, -0.1) is 0 Å². The van der Waals surface area contributed by atoms with Gasteiger partial charge in [0.15, 0.2) is 0 Å². The molecule has 0 fully saturated rings. The van der Waals surface area contributed by atoms with Crippen LogP contribution >= 0.6 is 38.5 Å². The molecule has 0 aromatic heterocycles. The molecule has 1 nitrogen and oxygen atoms in total. The van der Waals surface area contributed by atoms with Crippen LogP contribution in [0.25, 0.3) is 0 Å². The van der Waals surface area contributed by atoms with Crippen molar-refractivity contribution in [3.63, 3.8) is 0 Å². The van der Waals surface area contributed by atoms with Gasteiger partial charge in [-0.05, 0) is 34.7 Å². The van der Waals surface area contributed by atoms with Gasteiger partial charge in [0, 0.05) is 4.48 Å². The van der Waals surface area contributed by atoms with Crippen molar-refractivity contribution in [2.45, 2.75) is 0 Å². The highest BCUT2D eigenvalue weighted by atomic mass is 127. The van der Waals surface area contributed by atoms with Gasteiger partial charge in [0.2, 0.25) is 0 Å². The first kappa shape index (κ1) is 10.1. The molecule has 0 spiro atoms. The van der Waals surface area contributed by atoms with Gasteiger partial charge < -0.3 is 4.74 Å². The first-order valence-electron chi connectivity index (χ1n) is 3.41. The van der Waals surface area contributed by atoms with Crippen molar-refractivity contribution in [1.82, 2.24) is 0 Å². The van der Waals surface area contributed by atoms with Crippen LogP contribution in [0, 0.1) is 3.57 Å². The summed E-state index contributed by atoms with van der Waals surface area (Å²) in [5, 5.41) is 0. The van der Waals surface area contributed by atoms with Crippen molar-refractivity contribution in [2.24, 2.45) is 0 Å². The van der Waals surface area contributed by atoms with E-state index in [1.165, 1.54) is 0 Å². The Balaban J connectivity index is 2.63. The monoisotopic (exact) mass is 338 g/mol. The zero-order chi connectivity index (χ0) is 8.97. The van der Waals surface area contributed by atoms with Crippen molar-refractivity contribution < 1.29 is 4.74 Å². The lowest BCUT2D eigenvalue weighted by molar-refractivity contribution is 0.358. The summed E-state index contributed by atoms with van der Waals surface area (Å²) in [6.45, 7) is 4.20. The van der Waals surface area contributed by atoms with E-state index in [4.69, 9.17) is 4.74 Å². The summed E-state index contributed by atoms with van der Waals surface area (Å²) >= 11 is 5.47. The van der Waals surface area contributed by atoms with Gasteiger partial charge in [0.25, 0.3) is 0 Å². The van der Waals surface area contributed by atoms with Gasteiger partial charge in [0.1, 0.15) is 12.4 Å². The largest absolute Gasteiger partial charge is 0.487 e. The first-order chi connectivity index (χ1) is 5.70. The molecular weight excluding hydrogens is 331 g/mol. The van der Waals surface area contributed by atoms with Crippen LogP contribution in [0.2, 0.25) is 0 Å². The highest BCUT2D eigenvalue weighted by Crippen LogP contribution is 2.20. The molecule has 0 saturated carbocycles. The minimum atomic E-state index is 0.514. The second kappa shape index (κ2) is 4.87. The van der Waals surface area contributed by atoms with Crippen LogP contribution in [0.4, 0.5) is 0 Å². The molecule has 12 heavy (non-hydrogen) atoms. The first-order valence-corrected chi connectivity index (χ1v) is 5.28. The molecule has 0 bridgehead atoms. The van der Waals surface area contributed by atoms with Crippen molar-refractivity contribution in [1.29, 1.82) is 0 Å². The van der Waals surface area contributed by atoms with Gasteiger partial charge in [-0.25, -0.2) is 0 Å². The Kier molecular flexibility index (Phi) is 4.08. The second-order valence-corrected chi connectivity index (χ2v) is 4.52. The fourth-order valence-electron chi connectivity index (χ4n) is 0.718. The Morgan fingerprint density at radius 1 is 1.50 bits per heavy atom. The molecule has 0 saturated heterocycles. The van der Waals surface area contributed by atoms with Gasteiger partial charge in [-0.3, -0.25) is 0 Å². The van der Waals surface area contributed by atoms with Crippen LogP contribution in [0.3, 0.4) is 0 Å². The molecule has 0 aliphatic rings. The molecule has 64 valence electrons. The summed E-state index contributed by atoms with van der Waals surface area (Å²) in [6, 6.07) is 7.89. The van der Waals surface area contributed by atoms with Crippen molar-refractivity contribution in [3.8, 4) is 5.75 Å². The van der Waals surface area contributed by atoms with Crippen LogP contribution < -0.4 is 4.74 Å². The van der Waals surface area contributed by atoms with Gasteiger partial charge >= 0.3 is 0 Å². The SMILES string of the molecule is C=C(Br)COc1ccccc1I. The number of halogens is 2. The smallest absolute Gasteiger partial charge is 0.133 e. The molecule has 1 rings (SSSR count). The summed E-state index contributed by atoms with van der Waals surface area (Å²) < 4.78 is 7.41. The molecule has 0 heterocycles. The van der Waals surface area contributed by atoms with Crippen molar-refractivity contribution in [2.75, 3.05) is 6.61 Å². The molecule has 1 aromatic carbocycles. The Morgan fingerprint density at radius 2 is 2.17 bits per heavy atom. The number of rotatable bonds is 3. The van der Waals surface area contributed by atoms with E-state index in [9.17, 15) is 0 Å². The quantitative estimate of drug-likeness (QED) is 0.765. The van der Waals surface area contributed by atoms with E-state index in [1.54, 1.807) is 0 Å². The third kappa shape index (κ3) is 3.15. The standard InChI is InChI=1S/C9H8BrIO/c1-7(10)6-12-9-5-3-2-4-8(9)11/h2-5H,1,6H2. The predicted octanol–water partition coefficient (Wildman–Crippen LogP) is 3.58. The third-order valence-electron chi connectivity index (χ3n) is 1.22. The number of ether oxygens (including phenoxy) is 1. The van der Waals surface area contributed by atoms with E-state index in [-0.39, 0.29) is 0 Å². The molecule has 0 N–H and O–H groups in total. The van der Waals surface area contributed by atoms with Gasteiger partial charge in [-0.1, -0.05) is 34.6 Å². The van der Waals surface area contributed by atoms with Gasteiger partial charge in [-0.2, -0.15) is 0 Å². The Morgan fingerprint density at radius 3 is 2.75 bits per heavy atom. The fourth-order valence-corrected chi connectivity index (χ4v) is 1.38. The van der Waals surface area contributed by atoms with E-state index in [1.807, 2.05) is 24.3 Å². The topological polar surface area (TPSA) is 9.23 Å². The molecule has 0 atom stereocenters. The van der Waals surface area contributed by atoms with E-state index >= 15 is 0 Å². The molecular formula is C9H8BrIO. The summed E-state index contributed by atoms with van der Waals surface area (Å²) in [7, 11) is 0. The summed E-state index contributed by atoms with van der Waals surface area (Å²) in [6.07, 6.45) is 0. The normalized spacial score (nSPS) is 9.50. The Hall–Kier alpha value is -0.0300. The van der Waals surface area contributed by atoms with Gasteiger partial charge in [0.05, 0.1) is 3.57 Å². The van der Waals surface area contributed by atoms with Crippen molar-refractivity contribution in [3.05, 3.63) is 38.9 Å². The molecule has 0 unspecified atom stereocenters. The molecule has 0 aliphatic heterocycles. The minimum absolute atomic E-state index is 0.514. The number of hydrogen-bond acceptors (Lipinski definition) is 1. The zero-order valence-corrected chi connectivity index (χ0v) is 10.1. The maximum Gasteiger partial charge on any atom is 0.133 e. The average Bonchev–Trinajstić information content (AvgIpc) is 2.03. The summed E-state index contributed by atoms with van der Waals surface area (Å²) in [5.41, 5.74) is 0. The lowest BCUT2D eigenvalue weighted by atomic mass is 10.3. The van der Waals surface area contributed by atoms with E-state index in [0.717, 1.165) is 13.8 Å². The lowest BCUT2D eigenvalue weighted by Crippen LogP contribution is -1.97.